The predicted octanol–water partition coefficient (Wildman–Crippen LogP) is 1.51. The highest BCUT2D eigenvalue weighted by molar-refractivity contribution is 5.80. The quantitative estimate of drug-likeness (QED) is 0.755. The van der Waals surface area contributed by atoms with E-state index in [0.29, 0.717) is 18.4 Å². The minimum atomic E-state index is 0.00267. The molecule has 0 aliphatic carbocycles. The SMILES string of the molecule is CCCNc1nccc(N(C)CC(=O)NCC(C)C)n1. The Bertz CT molecular complexity index is 422. The largest absolute Gasteiger partial charge is 0.354 e. The molecule has 6 heteroatoms. The lowest BCUT2D eigenvalue weighted by atomic mass is 10.2. The van der Waals surface area contributed by atoms with Crippen LogP contribution in [0.2, 0.25) is 0 Å². The summed E-state index contributed by atoms with van der Waals surface area (Å²) in [5.74, 6) is 1.79. The van der Waals surface area contributed by atoms with Crippen LogP contribution >= 0.6 is 0 Å². The Morgan fingerprint density at radius 3 is 2.85 bits per heavy atom. The minimum Gasteiger partial charge on any atom is -0.354 e. The third-order valence-corrected chi connectivity index (χ3v) is 2.65. The van der Waals surface area contributed by atoms with Crippen molar-refractivity contribution in [2.24, 2.45) is 5.92 Å². The fourth-order valence-corrected chi connectivity index (χ4v) is 1.55. The third-order valence-electron chi connectivity index (χ3n) is 2.65. The van der Waals surface area contributed by atoms with Crippen LogP contribution in [0.4, 0.5) is 11.8 Å². The molecule has 1 rings (SSSR count). The van der Waals surface area contributed by atoms with Gasteiger partial charge in [0.05, 0.1) is 6.54 Å². The van der Waals surface area contributed by atoms with Crippen LogP contribution in [0.1, 0.15) is 27.2 Å². The predicted molar refractivity (Wildman–Crippen MR) is 81.9 cm³/mol. The summed E-state index contributed by atoms with van der Waals surface area (Å²) in [5, 5.41) is 6.03. The van der Waals surface area contributed by atoms with E-state index in [1.165, 1.54) is 0 Å². The Labute approximate surface area is 121 Å². The molecule has 0 aliphatic rings. The van der Waals surface area contributed by atoms with Gasteiger partial charge in [-0.2, -0.15) is 4.98 Å². The van der Waals surface area contributed by atoms with E-state index in [2.05, 4.69) is 41.4 Å². The molecule has 1 heterocycles. The summed E-state index contributed by atoms with van der Waals surface area (Å²) < 4.78 is 0. The van der Waals surface area contributed by atoms with Crippen molar-refractivity contribution >= 4 is 17.7 Å². The first-order valence-corrected chi connectivity index (χ1v) is 7.07. The number of hydrogen-bond acceptors (Lipinski definition) is 5. The van der Waals surface area contributed by atoms with Crippen LogP contribution in [0.25, 0.3) is 0 Å². The highest BCUT2D eigenvalue weighted by atomic mass is 16.2. The van der Waals surface area contributed by atoms with Crippen molar-refractivity contribution in [1.82, 2.24) is 15.3 Å². The van der Waals surface area contributed by atoms with Gasteiger partial charge in [-0.05, 0) is 18.4 Å². The first kappa shape index (κ1) is 16.2. The lowest BCUT2D eigenvalue weighted by molar-refractivity contribution is -0.119. The number of hydrogen-bond donors (Lipinski definition) is 2. The summed E-state index contributed by atoms with van der Waals surface area (Å²) in [6.07, 6.45) is 2.71. The highest BCUT2D eigenvalue weighted by Crippen LogP contribution is 2.09. The summed E-state index contributed by atoms with van der Waals surface area (Å²) in [6.45, 7) is 8.04. The molecular weight excluding hydrogens is 254 g/mol. The summed E-state index contributed by atoms with van der Waals surface area (Å²) in [6, 6.07) is 1.80. The van der Waals surface area contributed by atoms with E-state index in [-0.39, 0.29) is 12.5 Å². The summed E-state index contributed by atoms with van der Waals surface area (Å²) in [5.41, 5.74) is 0. The topological polar surface area (TPSA) is 70.2 Å². The summed E-state index contributed by atoms with van der Waals surface area (Å²) >= 11 is 0. The number of anilines is 2. The fourth-order valence-electron chi connectivity index (χ4n) is 1.55. The molecule has 0 saturated carbocycles. The average molecular weight is 279 g/mol. The molecule has 0 radical (unpaired) electrons. The van der Waals surface area contributed by atoms with Gasteiger partial charge in [0.25, 0.3) is 0 Å². The summed E-state index contributed by atoms with van der Waals surface area (Å²) in [4.78, 5) is 22.1. The molecule has 0 aliphatic heterocycles. The van der Waals surface area contributed by atoms with E-state index in [1.54, 1.807) is 12.3 Å². The highest BCUT2D eigenvalue weighted by Gasteiger charge is 2.09. The van der Waals surface area contributed by atoms with E-state index in [1.807, 2.05) is 11.9 Å². The van der Waals surface area contributed by atoms with Crippen molar-refractivity contribution in [3.63, 3.8) is 0 Å². The van der Waals surface area contributed by atoms with Crippen LogP contribution in [0, 0.1) is 5.92 Å². The molecular formula is C14H25N5O. The molecule has 6 nitrogen and oxygen atoms in total. The number of nitrogens with one attached hydrogen (secondary N) is 2. The lowest BCUT2D eigenvalue weighted by Crippen LogP contribution is -2.37. The Hall–Kier alpha value is -1.85. The van der Waals surface area contributed by atoms with E-state index in [9.17, 15) is 4.79 Å². The molecule has 0 atom stereocenters. The third kappa shape index (κ3) is 5.86. The van der Waals surface area contributed by atoms with Crippen LogP contribution in [0.15, 0.2) is 12.3 Å². The van der Waals surface area contributed by atoms with Crippen molar-refractivity contribution < 1.29 is 4.79 Å². The van der Waals surface area contributed by atoms with Crippen LogP contribution in [0.5, 0.6) is 0 Å². The molecule has 112 valence electrons. The van der Waals surface area contributed by atoms with Gasteiger partial charge in [0.15, 0.2) is 0 Å². The number of nitrogens with zero attached hydrogens (tertiary/aromatic N) is 3. The molecule has 0 fully saturated rings. The smallest absolute Gasteiger partial charge is 0.239 e. The zero-order valence-electron chi connectivity index (χ0n) is 12.8. The summed E-state index contributed by atoms with van der Waals surface area (Å²) in [7, 11) is 1.85. The number of aromatic nitrogens is 2. The van der Waals surface area contributed by atoms with Gasteiger partial charge in [-0.1, -0.05) is 20.8 Å². The number of rotatable bonds is 8. The lowest BCUT2D eigenvalue weighted by Gasteiger charge is -2.18. The molecule has 0 aromatic carbocycles. The minimum absolute atomic E-state index is 0.00267. The van der Waals surface area contributed by atoms with Crippen molar-refractivity contribution in [2.75, 3.05) is 36.9 Å². The first-order valence-electron chi connectivity index (χ1n) is 7.07. The maximum Gasteiger partial charge on any atom is 0.239 e. The monoisotopic (exact) mass is 279 g/mol. The van der Waals surface area contributed by atoms with E-state index in [4.69, 9.17) is 0 Å². The Morgan fingerprint density at radius 1 is 1.45 bits per heavy atom. The van der Waals surface area contributed by atoms with Crippen molar-refractivity contribution in [1.29, 1.82) is 0 Å². The van der Waals surface area contributed by atoms with Gasteiger partial charge < -0.3 is 15.5 Å². The van der Waals surface area contributed by atoms with E-state index < -0.39 is 0 Å². The number of carbonyl (C=O) groups excluding carboxylic acids is 1. The van der Waals surface area contributed by atoms with Gasteiger partial charge in [0, 0.05) is 26.3 Å². The van der Waals surface area contributed by atoms with Gasteiger partial charge in [0.2, 0.25) is 11.9 Å². The number of likely N-dealkylation sites (N-methyl/N-ethyl adjacent to an activating group) is 1. The van der Waals surface area contributed by atoms with Gasteiger partial charge in [0.1, 0.15) is 5.82 Å². The average Bonchev–Trinajstić information content (AvgIpc) is 2.43. The van der Waals surface area contributed by atoms with Crippen molar-refractivity contribution in [3.05, 3.63) is 12.3 Å². The van der Waals surface area contributed by atoms with Gasteiger partial charge in [-0.25, -0.2) is 4.98 Å². The van der Waals surface area contributed by atoms with Crippen molar-refractivity contribution in [2.45, 2.75) is 27.2 Å². The fraction of sp³-hybridized carbons (Fsp3) is 0.643. The Morgan fingerprint density at radius 2 is 2.20 bits per heavy atom. The zero-order chi connectivity index (χ0) is 15.0. The van der Waals surface area contributed by atoms with Crippen LogP contribution in [0.3, 0.4) is 0 Å². The van der Waals surface area contributed by atoms with Crippen LogP contribution < -0.4 is 15.5 Å². The standard InChI is InChI=1S/C14H25N5O/c1-5-7-15-14-16-8-6-12(18-14)19(4)10-13(20)17-9-11(2)3/h6,8,11H,5,7,9-10H2,1-4H3,(H,17,20)(H,15,16,18). The van der Waals surface area contributed by atoms with E-state index in [0.717, 1.165) is 18.8 Å². The van der Waals surface area contributed by atoms with E-state index >= 15 is 0 Å². The molecule has 20 heavy (non-hydrogen) atoms. The second-order valence-corrected chi connectivity index (χ2v) is 5.22. The second kappa shape index (κ2) is 8.35. The Kier molecular flexibility index (Phi) is 6.76. The molecule has 1 aromatic heterocycles. The van der Waals surface area contributed by atoms with Gasteiger partial charge in [-0.15, -0.1) is 0 Å². The molecule has 0 spiro atoms. The molecule has 1 aromatic rings. The molecule has 0 saturated heterocycles. The molecule has 2 N–H and O–H groups in total. The van der Waals surface area contributed by atoms with Gasteiger partial charge >= 0.3 is 0 Å². The number of carbonyl (C=O) groups is 1. The van der Waals surface area contributed by atoms with Crippen LogP contribution in [-0.2, 0) is 4.79 Å². The van der Waals surface area contributed by atoms with Crippen molar-refractivity contribution in [3.8, 4) is 0 Å². The normalized spacial score (nSPS) is 10.4. The number of amides is 1. The Balaban J connectivity index is 2.53. The molecule has 0 unspecified atom stereocenters. The van der Waals surface area contributed by atoms with Gasteiger partial charge in [-0.3, -0.25) is 4.79 Å². The maximum absolute atomic E-state index is 11.8. The maximum atomic E-state index is 11.8. The molecule has 0 bridgehead atoms. The zero-order valence-corrected chi connectivity index (χ0v) is 12.8. The second-order valence-electron chi connectivity index (χ2n) is 5.22. The molecule has 1 amide bonds. The van der Waals surface area contributed by atoms with Crippen LogP contribution in [-0.4, -0.2) is 42.6 Å². The first-order chi connectivity index (χ1) is 9.52.